The molecule has 3 N–H and O–H groups in total. The largest absolute Gasteiger partial charge is 0.481 e. The van der Waals surface area contributed by atoms with E-state index in [1.165, 1.54) is 12.1 Å². The SMILES string of the molecule is CC(C)(N)C(C)(CC(=O)O)c1ccc(F)cc1. The van der Waals surface area contributed by atoms with Crippen LogP contribution in [0.4, 0.5) is 4.39 Å². The quantitative estimate of drug-likeness (QED) is 0.847. The summed E-state index contributed by atoms with van der Waals surface area (Å²) in [6.45, 7) is 5.34. The molecule has 0 aliphatic rings. The number of carboxylic acid groups (broad SMARTS) is 1. The summed E-state index contributed by atoms with van der Waals surface area (Å²) >= 11 is 0. The fourth-order valence-corrected chi connectivity index (χ4v) is 1.82. The minimum absolute atomic E-state index is 0.0951. The lowest BCUT2D eigenvalue weighted by atomic mass is 9.66. The number of nitrogens with two attached hydrogens (primary N) is 1. The Morgan fingerprint density at radius 2 is 1.76 bits per heavy atom. The third kappa shape index (κ3) is 2.82. The lowest BCUT2D eigenvalue weighted by Crippen LogP contribution is -2.53. The third-order valence-electron chi connectivity index (χ3n) is 3.41. The van der Waals surface area contributed by atoms with Crippen LogP contribution in [0.25, 0.3) is 0 Å². The molecule has 0 saturated heterocycles. The van der Waals surface area contributed by atoms with Gasteiger partial charge in [0.1, 0.15) is 5.82 Å². The van der Waals surface area contributed by atoms with Gasteiger partial charge in [-0.2, -0.15) is 0 Å². The zero-order valence-electron chi connectivity index (χ0n) is 10.3. The maximum absolute atomic E-state index is 12.9. The van der Waals surface area contributed by atoms with Crippen molar-refractivity contribution in [2.75, 3.05) is 0 Å². The second kappa shape index (κ2) is 4.45. The van der Waals surface area contributed by atoms with Gasteiger partial charge in [0.2, 0.25) is 0 Å². The number of benzene rings is 1. The molecule has 0 aliphatic heterocycles. The van der Waals surface area contributed by atoms with Crippen LogP contribution in [0.15, 0.2) is 24.3 Å². The highest BCUT2D eigenvalue weighted by Crippen LogP contribution is 2.36. The first-order valence-electron chi connectivity index (χ1n) is 5.43. The standard InChI is InChI=1S/C13H18FNO2/c1-12(2,15)13(3,8-11(16)17)9-4-6-10(14)7-5-9/h4-7H,8,15H2,1-3H3,(H,16,17). The molecular weight excluding hydrogens is 221 g/mol. The van der Waals surface area contributed by atoms with Gasteiger partial charge in [-0.05, 0) is 31.5 Å². The molecule has 94 valence electrons. The summed E-state index contributed by atoms with van der Waals surface area (Å²) in [7, 11) is 0. The van der Waals surface area contributed by atoms with E-state index in [-0.39, 0.29) is 12.2 Å². The lowest BCUT2D eigenvalue weighted by molar-refractivity contribution is -0.139. The van der Waals surface area contributed by atoms with Crippen molar-refractivity contribution < 1.29 is 14.3 Å². The Morgan fingerprint density at radius 1 is 1.29 bits per heavy atom. The van der Waals surface area contributed by atoms with Crippen LogP contribution in [0.3, 0.4) is 0 Å². The van der Waals surface area contributed by atoms with Crippen LogP contribution in [-0.2, 0) is 10.2 Å². The van der Waals surface area contributed by atoms with Crippen LogP contribution in [0.5, 0.6) is 0 Å². The van der Waals surface area contributed by atoms with Crippen LogP contribution in [0, 0.1) is 5.82 Å². The van der Waals surface area contributed by atoms with Crippen molar-refractivity contribution >= 4 is 5.97 Å². The molecule has 4 heteroatoms. The normalized spacial score (nSPS) is 15.4. The Bertz CT molecular complexity index is 408. The molecule has 0 spiro atoms. The summed E-state index contributed by atoms with van der Waals surface area (Å²) in [6, 6.07) is 5.82. The molecular formula is C13H18FNO2. The first-order chi connectivity index (χ1) is 7.67. The molecule has 1 aromatic rings. The summed E-state index contributed by atoms with van der Waals surface area (Å²) < 4.78 is 12.9. The molecule has 17 heavy (non-hydrogen) atoms. The minimum atomic E-state index is -0.921. The summed E-state index contributed by atoms with van der Waals surface area (Å²) in [4.78, 5) is 11.0. The Morgan fingerprint density at radius 3 is 2.12 bits per heavy atom. The molecule has 0 amide bonds. The number of hydrogen-bond acceptors (Lipinski definition) is 2. The van der Waals surface area contributed by atoms with E-state index in [4.69, 9.17) is 10.8 Å². The summed E-state index contributed by atoms with van der Waals surface area (Å²) in [5.74, 6) is -1.27. The van der Waals surface area contributed by atoms with Crippen molar-refractivity contribution in [1.29, 1.82) is 0 Å². The monoisotopic (exact) mass is 239 g/mol. The first-order valence-corrected chi connectivity index (χ1v) is 5.43. The predicted octanol–water partition coefficient (Wildman–Crippen LogP) is 2.30. The Labute approximate surface area is 100 Å². The molecule has 1 aromatic carbocycles. The third-order valence-corrected chi connectivity index (χ3v) is 3.41. The molecule has 0 aliphatic carbocycles. The average molecular weight is 239 g/mol. The molecule has 1 rings (SSSR count). The van der Waals surface area contributed by atoms with Crippen LogP contribution >= 0.6 is 0 Å². The van der Waals surface area contributed by atoms with Crippen LogP contribution in [-0.4, -0.2) is 16.6 Å². The van der Waals surface area contributed by atoms with Crippen LogP contribution in [0.2, 0.25) is 0 Å². The molecule has 0 heterocycles. The Balaban J connectivity index is 3.24. The maximum atomic E-state index is 12.9. The molecule has 0 fully saturated rings. The van der Waals surface area contributed by atoms with E-state index in [0.29, 0.717) is 0 Å². The summed E-state index contributed by atoms with van der Waals surface area (Å²) in [5, 5.41) is 9.00. The molecule has 3 nitrogen and oxygen atoms in total. The minimum Gasteiger partial charge on any atom is -0.481 e. The van der Waals surface area contributed by atoms with Crippen molar-refractivity contribution in [3.05, 3.63) is 35.6 Å². The number of carbonyl (C=O) groups is 1. The van der Waals surface area contributed by atoms with Crippen LogP contribution in [0.1, 0.15) is 32.8 Å². The van der Waals surface area contributed by atoms with Gasteiger partial charge >= 0.3 is 5.97 Å². The number of carboxylic acids is 1. The van der Waals surface area contributed by atoms with E-state index in [9.17, 15) is 9.18 Å². The predicted molar refractivity (Wildman–Crippen MR) is 64.3 cm³/mol. The van der Waals surface area contributed by atoms with Gasteiger partial charge in [-0.25, -0.2) is 4.39 Å². The fourth-order valence-electron chi connectivity index (χ4n) is 1.82. The first kappa shape index (κ1) is 13.6. The smallest absolute Gasteiger partial charge is 0.304 e. The van der Waals surface area contributed by atoms with Crippen molar-refractivity contribution in [2.24, 2.45) is 5.73 Å². The summed E-state index contributed by atoms with van der Waals surface area (Å²) in [6.07, 6.45) is -0.0951. The molecule has 1 atom stereocenters. The Kier molecular flexibility index (Phi) is 3.57. The highest BCUT2D eigenvalue weighted by molar-refractivity contribution is 5.69. The Hall–Kier alpha value is -1.42. The number of aliphatic carboxylic acids is 1. The lowest BCUT2D eigenvalue weighted by Gasteiger charge is -2.41. The average Bonchev–Trinajstić information content (AvgIpc) is 2.15. The maximum Gasteiger partial charge on any atom is 0.304 e. The zero-order chi connectivity index (χ0) is 13.3. The van der Waals surface area contributed by atoms with Crippen molar-refractivity contribution in [3.8, 4) is 0 Å². The van der Waals surface area contributed by atoms with E-state index in [0.717, 1.165) is 5.56 Å². The molecule has 0 saturated carbocycles. The number of hydrogen-bond donors (Lipinski definition) is 2. The van der Waals surface area contributed by atoms with Gasteiger partial charge in [-0.15, -0.1) is 0 Å². The van der Waals surface area contributed by atoms with Gasteiger partial charge in [-0.3, -0.25) is 4.79 Å². The van der Waals surface area contributed by atoms with Gasteiger partial charge < -0.3 is 10.8 Å². The molecule has 0 radical (unpaired) electrons. The second-order valence-corrected chi connectivity index (χ2v) is 5.13. The fraction of sp³-hybridized carbons (Fsp3) is 0.462. The zero-order valence-corrected chi connectivity index (χ0v) is 10.3. The summed E-state index contributed by atoms with van der Waals surface area (Å²) in [5.41, 5.74) is 5.34. The second-order valence-electron chi connectivity index (χ2n) is 5.13. The highest BCUT2D eigenvalue weighted by Gasteiger charge is 2.41. The van der Waals surface area contributed by atoms with E-state index >= 15 is 0 Å². The molecule has 0 bridgehead atoms. The van der Waals surface area contributed by atoms with Gasteiger partial charge in [-0.1, -0.05) is 19.1 Å². The van der Waals surface area contributed by atoms with E-state index in [2.05, 4.69) is 0 Å². The van der Waals surface area contributed by atoms with Crippen molar-refractivity contribution in [3.63, 3.8) is 0 Å². The van der Waals surface area contributed by atoms with Crippen molar-refractivity contribution in [2.45, 2.75) is 38.1 Å². The van der Waals surface area contributed by atoms with E-state index in [1.807, 2.05) is 0 Å². The topological polar surface area (TPSA) is 63.3 Å². The molecule has 1 unspecified atom stereocenters. The number of halogens is 1. The van der Waals surface area contributed by atoms with Gasteiger partial charge in [0.05, 0.1) is 6.42 Å². The number of rotatable bonds is 4. The van der Waals surface area contributed by atoms with E-state index < -0.39 is 16.9 Å². The van der Waals surface area contributed by atoms with Gasteiger partial charge in [0.15, 0.2) is 0 Å². The van der Waals surface area contributed by atoms with E-state index in [1.54, 1.807) is 32.9 Å². The highest BCUT2D eigenvalue weighted by atomic mass is 19.1. The molecule has 0 aromatic heterocycles. The van der Waals surface area contributed by atoms with Gasteiger partial charge in [0, 0.05) is 11.0 Å². The van der Waals surface area contributed by atoms with Gasteiger partial charge in [0.25, 0.3) is 0 Å². The van der Waals surface area contributed by atoms with Crippen LogP contribution < -0.4 is 5.73 Å². The van der Waals surface area contributed by atoms with Crippen molar-refractivity contribution in [1.82, 2.24) is 0 Å².